The molecule has 1 aliphatic heterocycles. The summed E-state index contributed by atoms with van der Waals surface area (Å²) in [6.45, 7) is 9.47. The topological polar surface area (TPSA) is 67.9 Å². The van der Waals surface area contributed by atoms with Gasteiger partial charge in [0.2, 0.25) is 5.91 Å². The van der Waals surface area contributed by atoms with Crippen LogP contribution in [0.15, 0.2) is 0 Å². The molecule has 1 heterocycles. The highest BCUT2D eigenvalue weighted by Crippen LogP contribution is 2.18. The normalized spacial score (nSPS) is 23.9. The van der Waals surface area contributed by atoms with E-state index in [2.05, 4.69) is 11.2 Å². The minimum atomic E-state index is -0.746. The van der Waals surface area contributed by atoms with Crippen LogP contribution in [-0.4, -0.2) is 53.8 Å². The van der Waals surface area contributed by atoms with Crippen molar-refractivity contribution in [2.75, 3.05) is 13.2 Å². The predicted molar refractivity (Wildman–Crippen MR) is 78.6 cm³/mol. The molecule has 0 aliphatic carbocycles. The molecule has 0 aromatic carbocycles. The van der Waals surface area contributed by atoms with Crippen molar-refractivity contribution in [1.29, 1.82) is 0 Å². The van der Waals surface area contributed by atoms with Gasteiger partial charge < -0.3 is 14.8 Å². The van der Waals surface area contributed by atoms with Crippen LogP contribution in [0.3, 0.4) is 0 Å². The lowest BCUT2D eigenvalue weighted by atomic mass is 10.1. The average Bonchev–Trinajstić information content (AvgIpc) is 2.35. The lowest BCUT2D eigenvalue weighted by molar-refractivity contribution is -0.138. The van der Waals surface area contributed by atoms with Crippen LogP contribution in [0, 0.1) is 12.3 Å². The van der Waals surface area contributed by atoms with Gasteiger partial charge in [-0.25, -0.2) is 4.79 Å². The summed E-state index contributed by atoms with van der Waals surface area (Å²) in [5.74, 6) is 2.09. The van der Waals surface area contributed by atoms with Crippen LogP contribution >= 0.6 is 0 Å². The smallest absolute Gasteiger partial charge is 0.411 e. The number of carbonyl (C=O) groups excluding carboxylic acids is 2. The van der Waals surface area contributed by atoms with Crippen molar-refractivity contribution in [3.8, 4) is 12.3 Å². The van der Waals surface area contributed by atoms with Gasteiger partial charge in [0.25, 0.3) is 0 Å². The van der Waals surface area contributed by atoms with Gasteiger partial charge in [-0.2, -0.15) is 0 Å². The van der Waals surface area contributed by atoms with Gasteiger partial charge in [-0.05, 0) is 34.6 Å². The van der Waals surface area contributed by atoms with E-state index in [9.17, 15) is 9.59 Å². The summed E-state index contributed by atoms with van der Waals surface area (Å²) in [4.78, 5) is 26.0. The molecule has 1 fully saturated rings. The molecule has 21 heavy (non-hydrogen) atoms. The van der Waals surface area contributed by atoms with Crippen LogP contribution in [-0.2, 0) is 14.3 Å². The second kappa shape index (κ2) is 6.81. The van der Waals surface area contributed by atoms with Crippen LogP contribution in [0.4, 0.5) is 4.79 Å². The first-order valence-corrected chi connectivity index (χ1v) is 7.03. The lowest BCUT2D eigenvalue weighted by Crippen LogP contribution is -2.60. The van der Waals surface area contributed by atoms with Crippen LogP contribution in [0.1, 0.15) is 34.6 Å². The lowest BCUT2D eigenvalue weighted by Gasteiger charge is -2.39. The zero-order valence-electron chi connectivity index (χ0n) is 13.3. The van der Waals surface area contributed by atoms with Crippen molar-refractivity contribution in [2.24, 2.45) is 0 Å². The molecular weight excluding hydrogens is 272 g/mol. The number of ether oxygens (including phenoxy) is 2. The molecule has 0 spiro atoms. The van der Waals surface area contributed by atoms with Gasteiger partial charge in [0.15, 0.2) is 0 Å². The number of hydrogen-bond donors (Lipinski definition) is 1. The van der Waals surface area contributed by atoms with Gasteiger partial charge in [0, 0.05) is 6.54 Å². The number of hydrogen-bond acceptors (Lipinski definition) is 4. The van der Waals surface area contributed by atoms with Gasteiger partial charge in [-0.1, -0.05) is 5.92 Å². The van der Waals surface area contributed by atoms with E-state index in [1.54, 1.807) is 34.6 Å². The van der Waals surface area contributed by atoms with Crippen LogP contribution < -0.4 is 5.32 Å². The van der Waals surface area contributed by atoms with E-state index in [-0.39, 0.29) is 5.91 Å². The highest BCUT2D eigenvalue weighted by atomic mass is 16.6. The Hall–Kier alpha value is -1.74. The first-order chi connectivity index (χ1) is 9.65. The number of carbonyl (C=O) groups is 2. The summed E-state index contributed by atoms with van der Waals surface area (Å²) in [7, 11) is 0. The van der Waals surface area contributed by atoms with Crippen molar-refractivity contribution in [2.45, 2.75) is 58.4 Å². The fourth-order valence-electron chi connectivity index (χ4n) is 2.04. The van der Waals surface area contributed by atoms with Crippen molar-refractivity contribution in [1.82, 2.24) is 10.2 Å². The molecule has 0 radical (unpaired) electrons. The Labute approximate surface area is 126 Å². The Morgan fingerprint density at radius 2 is 2.10 bits per heavy atom. The minimum Gasteiger partial charge on any atom is -0.444 e. The zero-order chi connectivity index (χ0) is 16.2. The zero-order valence-corrected chi connectivity index (χ0v) is 13.3. The highest BCUT2D eigenvalue weighted by molar-refractivity contribution is 5.87. The predicted octanol–water partition coefficient (Wildman–Crippen LogP) is 1.15. The van der Waals surface area contributed by atoms with Crippen LogP contribution in [0.2, 0.25) is 0 Å². The summed E-state index contributed by atoms with van der Waals surface area (Å²) in [6, 6.07) is -1.16. The highest BCUT2D eigenvalue weighted by Gasteiger charge is 2.40. The van der Waals surface area contributed by atoms with Crippen molar-refractivity contribution >= 4 is 12.0 Å². The standard InChI is InChI=1S/C15H24N2O4/c1-7-10(2)16-13(18)12-11(3)20-9-8-17(12)14(19)21-15(4,5)6/h1,10-12H,8-9H2,2-6H3,(H,16,18)/t10-,11-,12+/m1/s1. The summed E-state index contributed by atoms with van der Waals surface area (Å²) in [5, 5.41) is 2.67. The van der Waals surface area contributed by atoms with Gasteiger partial charge in [-0.3, -0.25) is 9.69 Å². The third-order valence-electron chi connectivity index (χ3n) is 3.00. The molecule has 3 atom stereocenters. The molecule has 2 amide bonds. The van der Waals surface area contributed by atoms with Crippen LogP contribution in [0.5, 0.6) is 0 Å². The van der Waals surface area contributed by atoms with Crippen molar-refractivity contribution in [3.05, 3.63) is 0 Å². The largest absolute Gasteiger partial charge is 0.444 e. The maximum atomic E-state index is 12.3. The van der Waals surface area contributed by atoms with Crippen LogP contribution in [0.25, 0.3) is 0 Å². The van der Waals surface area contributed by atoms with E-state index < -0.39 is 29.9 Å². The maximum absolute atomic E-state index is 12.3. The molecule has 0 aromatic heterocycles. The van der Waals surface area contributed by atoms with E-state index in [0.29, 0.717) is 13.2 Å². The van der Waals surface area contributed by atoms with Gasteiger partial charge in [-0.15, -0.1) is 6.42 Å². The number of nitrogens with one attached hydrogen (secondary N) is 1. The summed E-state index contributed by atoms with van der Waals surface area (Å²) >= 11 is 0. The molecular formula is C15H24N2O4. The number of morpholine rings is 1. The van der Waals surface area contributed by atoms with E-state index in [1.807, 2.05) is 0 Å². The first kappa shape index (κ1) is 17.3. The molecule has 1 aliphatic rings. The van der Waals surface area contributed by atoms with Crippen molar-refractivity contribution in [3.63, 3.8) is 0 Å². The minimum absolute atomic E-state index is 0.307. The Morgan fingerprint density at radius 3 is 2.62 bits per heavy atom. The molecule has 118 valence electrons. The van der Waals surface area contributed by atoms with Crippen molar-refractivity contribution < 1.29 is 19.1 Å². The quantitative estimate of drug-likeness (QED) is 0.776. The number of terminal acetylenes is 1. The molecule has 0 saturated carbocycles. The van der Waals surface area contributed by atoms with Gasteiger partial charge in [0.1, 0.15) is 11.6 Å². The average molecular weight is 296 g/mol. The molecule has 0 unspecified atom stereocenters. The number of nitrogens with zero attached hydrogens (tertiary/aromatic N) is 1. The monoisotopic (exact) mass is 296 g/mol. The Kier molecular flexibility index (Phi) is 5.62. The third-order valence-corrected chi connectivity index (χ3v) is 3.00. The second-order valence-corrected chi connectivity index (χ2v) is 6.09. The maximum Gasteiger partial charge on any atom is 0.411 e. The van der Waals surface area contributed by atoms with E-state index in [0.717, 1.165) is 0 Å². The number of rotatable bonds is 2. The molecule has 0 aromatic rings. The summed E-state index contributed by atoms with van der Waals surface area (Å²) in [5.41, 5.74) is -0.619. The summed E-state index contributed by atoms with van der Waals surface area (Å²) in [6.07, 6.45) is 4.32. The Morgan fingerprint density at radius 1 is 1.48 bits per heavy atom. The van der Waals surface area contributed by atoms with E-state index in [1.165, 1.54) is 4.90 Å². The fourth-order valence-corrected chi connectivity index (χ4v) is 2.04. The Bertz CT molecular complexity index is 436. The van der Waals surface area contributed by atoms with E-state index in [4.69, 9.17) is 15.9 Å². The summed E-state index contributed by atoms with van der Waals surface area (Å²) < 4.78 is 10.8. The van der Waals surface area contributed by atoms with E-state index >= 15 is 0 Å². The number of amides is 2. The molecule has 1 saturated heterocycles. The molecule has 1 N–H and O–H groups in total. The first-order valence-electron chi connectivity index (χ1n) is 7.03. The molecule has 6 heteroatoms. The molecule has 0 bridgehead atoms. The fraction of sp³-hybridized carbons (Fsp3) is 0.733. The molecule has 6 nitrogen and oxygen atoms in total. The Balaban J connectivity index is 2.86. The molecule has 1 rings (SSSR count). The third kappa shape index (κ3) is 4.94. The second-order valence-electron chi connectivity index (χ2n) is 6.09. The van der Waals surface area contributed by atoms with Gasteiger partial charge >= 0.3 is 6.09 Å². The van der Waals surface area contributed by atoms with Gasteiger partial charge in [0.05, 0.1) is 18.8 Å². The SMILES string of the molecule is C#C[C@@H](C)NC(=O)[C@@H]1[C@@H](C)OCCN1C(=O)OC(C)(C)C.